The van der Waals surface area contributed by atoms with Crippen LogP contribution in [0.1, 0.15) is 5.69 Å². The van der Waals surface area contributed by atoms with E-state index in [1.165, 1.54) is 77.2 Å². The fourth-order valence-corrected chi connectivity index (χ4v) is 8.48. The summed E-state index contributed by atoms with van der Waals surface area (Å²) in [6, 6.07) is 61.3. The Morgan fingerprint density at radius 1 is 0.360 bits per heavy atom. The molecule has 0 aliphatic rings. The molecule has 0 aliphatic heterocycles. The minimum absolute atomic E-state index is 1.01. The summed E-state index contributed by atoms with van der Waals surface area (Å²) < 4.78 is 0. The number of hydrogen-bond donors (Lipinski definition) is 0. The Kier molecular flexibility index (Phi) is 7.65. The molecule has 0 bridgehead atoms. The van der Waals surface area contributed by atoms with Crippen LogP contribution < -0.4 is 0 Å². The highest BCUT2D eigenvalue weighted by molar-refractivity contribution is 7.09. The summed E-state index contributed by atoms with van der Waals surface area (Å²) in [5.41, 5.74) is 15.1. The van der Waals surface area contributed by atoms with Crippen LogP contribution in [0, 0.1) is 6.92 Å². The third-order valence-electron chi connectivity index (χ3n) is 9.74. The van der Waals surface area contributed by atoms with Crippen LogP contribution >= 0.6 is 11.3 Å². The van der Waals surface area contributed by atoms with Gasteiger partial charge in [0, 0.05) is 38.4 Å². The Balaban J connectivity index is 1.56. The summed E-state index contributed by atoms with van der Waals surface area (Å²) >= 11 is 1.74. The Labute approximate surface area is 296 Å². The van der Waals surface area contributed by atoms with E-state index in [1.807, 2.05) is 0 Å². The van der Waals surface area contributed by atoms with Crippen molar-refractivity contribution in [1.29, 1.82) is 0 Å². The predicted octanol–water partition coefficient (Wildman–Crippen LogP) is 13.8. The van der Waals surface area contributed by atoms with Crippen molar-refractivity contribution >= 4 is 32.9 Å². The zero-order chi connectivity index (χ0) is 33.4. The lowest BCUT2D eigenvalue weighted by Crippen LogP contribution is -2.00. The smallest absolute Gasteiger partial charge is 0.0796 e. The molecule has 0 amide bonds. The van der Waals surface area contributed by atoms with Crippen molar-refractivity contribution in [2.75, 3.05) is 0 Å². The van der Waals surface area contributed by atoms with Crippen LogP contribution in [0.4, 0.5) is 0 Å². The molecular formula is C48H33NS. The van der Waals surface area contributed by atoms with E-state index >= 15 is 0 Å². The molecule has 0 saturated carbocycles. The number of pyridine rings is 1. The molecule has 0 aliphatic carbocycles. The summed E-state index contributed by atoms with van der Waals surface area (Å²) in [4.78, 5) is 5.50. The van der Waals surface area contributed by atoms with Gasteiger partial charge in [-0.3, -0.25) is 4.98 Å². The van der Waals surface area contributed by atoms with Crippen LogP contribution in [0.25, 0.3) is 88.4 Å². The maximum Gasteiger partial charge on any atom is 0.0796 e. The van der Waals surface area contributed by atoms with Gasteiger partial charge in [0.1, 0.15) is 0 Å². The molecule has 0 atom stereocenters. The molecule has 0 unspecified atom stereocenters. The van der Waals surface area contributed by atoms with Crippen LogP contribution in [0.5, 0.6) is 0 Å². The Hall–Kier alpha value is -6.09. The maximum absolute atomic E-state index is 5.50. The van der Waals surface area contributed by atoms with Gasteiger partial charge in [-0.1, -0.05) is 170 Å². The summed E-state index contributed by atoms with van der Waals surface area (Å²) in [6.45, 7) is 2.15. The Morgan fingerprint density at radius 3 is 1.30 bits per heavy atom. The van der Waals surface area contributed by atoms with E-state index in [1.54, 1.807) is 11.3 Å². The van der Waals surface area contributed by atoms with Gasteiger partial charge in [0.05, 0.1) is 5.69 Å². The van der Waals surface area contributed by atoms with Gasteiger partial charge in [-0.25, -0.2) is 0 Å². The zero-order valence-electron chi connectivity index (χ0n) is 27.7. The van der Waals surface area contributed by atoms with Crippen LogP contribution in [-0.2, 0) is 0 Å². The molecule has 0 spiro atoms. The van der Waals surface area contributed by atoms with Crippen molar-refractivity contribution < 1.29 is 0 Å². The first-order chi connectivity index (χ1) is 24.8. The molecule has 1 nitrogen and oxygen atoms in total. The van der Waals surface area contributed by atoms with E-state index in [0.29, 0.717) is 0 Å². The van der Waals surface area contributed by atoms with E-state index in [-0.39, 0.29) is 0 Å². The van der Waals surface area contributed by atoms with Crippen molar-refractivity contribution in [1.82, 2.24) is 4.98 Å². The van der Waals surface area contributed by atoms with E-state index in [0.717, 1.165) is 17.0 Å². The molecule has 7 aromatic carbocycles. The Morgan fingerprint density at radius 2 is 0.780 bits per heavy atom. The number of nitrogens with zero attached hydrogens (tertiary/aromatic N) is 1. The topological polar surface area (TPSA) is 12.9 Å². The van der Waals surface area contributed by atoms with Crippen molar-refractivity contribution in [3.8, 4) is 66.9 Å². The molecule has 2 heteroatoms. The highest BCUT2D eigenvalue weighted by Crippen LogP contribution is 2.53. The lowest BCUT2D eigenvalue weighted by molar-refractivity contribution is 1.25. The number of aryl methyl sites for hydroxylation is 1. The zero-order valence-corrected chi connectivity index (χ0v) is 28.5. The summed E-state index contributed by atoms with van der Waals surface area (Å²) in [5, 5.41) is 9.39. The largest absolute Gasteiger partial charge is 0.252 e. The minimum atomic E-state index is 1.01. The monoisotopic (exact) mass is 655 g/mol. The molecular weight excluding hydrogens is 623 g/mol. The number of thiophene rings is 1. The van der Waals surface area contributed by atoms with Gasteiger partial charge >= 0.3 is 0 Å². The van der Waals surface area contributed by atoms with E-state index in [9.17, 15) is 0 Å². The average molecular weight is 656 g/mol. The lowest BCUT2D eigenvalue weighted by atomic mass is 9.77. The lowest BCUT2D eigenvalue weighted by Gasteiger charge is -2.26. The molecule has 0 N–H and O–H groups in total. The molecule has 2 heterocycles. The second kappa shape index (κ2) is 12.7. The van der Waals surface area contributed by atoms with Crippen LogP contribution in [0.2, 0.25) is 0 Å². The summed E-state index contributed by atoms with van der Waals surface area (Å²) in [6.07, 6.45) is 0. The van der Waals surface area contributed by atoms with E-state index in [2.05, 4.69) is 188 Å². The van der Waals surface area contributed by atoms with Gasteiger partial charge in [-0.2, -0.15) is 11.3 Å². The van der Waals surface area contributed by atoms with Crippen LogP contribution in [0.3, 0.4) is 0 Å². The first-order valence-corrected chi connectivity index (χ1v) is 18.0. The third-order valence-corrected chi connectivity index (χ3v) is 10.5. The highest BCUT2D eigenvalue weighted by Gasteiger charge is 2.27. The molecule has 236 valence electrons. The highest BCUT2D eigenvalue weighted by atomic mass is 32.1. The fourth-order valence-electron chi connectivity index (χ4n) is 7.60. The van der Waals surface area contributed by atoms with Crippen molar-refractivity contribution in [2.24, 2.45) is 0 Å². The van der Waals surface area contributed by atoms with Crippen LogP contribution in [-0.4, -0.2) is 4.98 Å². The van der Waals surface area contributed by atoms with Gasteiger partial charge in [-0.15, -0.1) is 0 Å². The van der Waals surface area contributed by atoms with Crippen molar-refractivity contribution in [3.63, 3.8) is 0 Å². The normalized spacial score (nSPS) is 11.3. The molecule has 0 radical (unpaired) electrons. The number of fused-ring (bicyclic) bond motifs is 2. The molecule has 9 rings (SSSR count). The molecule has 0 fully saturated rings. The molecule has 9 aromatic rings. The number of benzene rings is 7. The van der Waals surface area contributed by atoms with E-state index < -0.39 is 0 Å². The number of aromatic nitrogens is 1. The van der Waals surface area contributed by atoms with Gasteiger partial charge in [0.2, 0.25) is 0 Å². The first-order valence-electron chi connectivity index (χ1n) is 17.0. The van der Waals surface area contributed by atoms with Gasteiger partial charge in [0.15, 0.2) is 0 Å². The minimum Gasteiger partial charge on any atom is -0.252 e. The third kappa shape index (κ3) is 5.05. The predicted molar refractivity (Wildman–Crippen MR) is 214 cm³/mol. The standard InChI is InChI=1S/C48H33NS/c1-32-40-30-50-31-41(40)43(34-20-9-3-10-21-34)48(49-32)39-29-17-28-38-42(33-18-7-2-8-19-33)44(35-22-11-4-12-23-35)45(36-24-13-5-14-25-36)46(47(38)39)37-26-15-6-16-27-37/h2-31H,1H3. The summed E-state index contributed by atoms with van der Waals surface area (Å²) in [7, 11) is 0. The molecule has 2 aromatic heterocycles. The van der Waals surface area contributed by atoms with Crippen molar-refractivity contribution in [2.45, 2.75) is 6.92 Å². The Bertz CT molecular complexity index is 2610. The quantitative estimate of drug-likeness (QED) is 0.174. The molecule has 0 saturated heterocycles. The van der Waals surface area contributed by atoms with Gasteiger partial charge < -0.3 is 0 Å². The fraction of sp³-hybridized carbons (Fsp3) is 0.0208. The second-order valence-electron chi connectivity index (χ2n) is 12.7. The molecule has 50 heavy (non-hydrogen) atoms. The summed E-state index contributed by atoms with van der Waals surface area (Å²) in [5.74, 6) is 0. The number of hydrogen-bond acceptors (Lipinski definition) is 2. The SMILES string of the molecule is Cc1nc(-c2cccc3c(-c4ccccc4)c(-c4ccccc4)c(-c4ccccc4)c(-c4ccccc4)c23)c(-c2ccccc2)c2cscc12. The van der Waals surface area contributed by atoms with E-state index in [4.69, 9.17) is 4.98 Å². The number of rotatable bonds is 6. The maximum atomic E-state index is 5.50. The van der Waals surface area contributed by atoms with Crippen molar-refractivity contribution in [3.05, 3.63) is 186 Å². The van der Waals surface area contributed by atoms with Gasteiger partial charge in [-0.05, 0) is 67.8 Å². The first kappa shape index (κ1) is 30.0. The van der Waals surface area contributed by atoms with Gasteiger partial charge in [0.25, 0.3) is 0 Å². The second-order valence-corrected chi connectivity index (χ2v) is 13.4. The van der Waals surface area contributed by atoms with Crippen LogP contribution in [0.15, 0.2) is 181 Å². The average Bonchev–Trinajstić information content (AvgIpc) is 3.69.